The van der Waals surface area contributed by atoms with Crippen molar-refractivity contribution in [2.45, 2.75) is 26.3 Å². The predicted molar refractivity (Wildman–Crippen MR) is 49.6 cm³/mol. The van der Waals surface area contributed by atoms with Crippen LogP contribution in [-0.4, -0.2) is 23.7 Å². The van der Waals surface area contributed by atoms with E-state index in [1.807, 2.05) is 0 Å². The first-order valence-electron chi connectivity index (χ1n) is 4.07. The average Bonchev–Trinajstić information content (AvgIpc) is 2.33. The number of nitrogens with one attached hydrogen (secondary N) is 1. The topological polar surface area (TPSA) is 49.3 Å². The minimum atomic E-state index is -0.715. The van der Waals surface area contributed by atoms with E-state index in [-0.39, 0.29) is 18.4 Å². The van der Waals surface area contributed by atoms with Crippen LogP contribution < -0.4 is 5.32 Å². The SMILES string of the molecule is CC(C)C1CNC(C(=O)O)C1.Cl. The Kier molecular flexibility index (Phi) is 4.57. The van der Waals surface area contributed by atoms with Crippen LogP contribution in [0.4, 0.5) is 0 Å². The van der Waals surface area contributed by atoms with Crippen LogP contribution in [0.25, 0.3) is 0 Å². The van der Waals surface area contributed by atoms with Crippen molar-refractivity contribution < 1.29 is 9.90 Å². The zero-order valence-corrected chi connectivity index (χ0v) is 8.23. The molecular weight excluding hydrogens is 178 g/mol. The Morgan fingerprint density at radius 3 is 2.42 bits per heavy atom. The zero-order valence-electron chi connectivity index (χ0n) is 7.41. The van der Waals surface area contributed by atoms with E-state index in [0.29, 0.717) is 11.8 Å². The first-order chi connectivity index (χ1) is 5.11. The predicted octanol–water partition coefficient (Wildman–Crippen LogP) is 1.13. The molecule has 12 heavy (non-hydrogen) atoms. The molecule has 1 aliphatic heterocycles. The van der Waals surface area contributed by atoms with Crippen LogP contribution >= 0.6 is 12.4 Å². The molecule has 2 atom stereocenters. The van der Waals surface area contributed by atoms with Crippen LogP contribution in [0.5, 0.6) is 0 Å². The molecule has 72 valence electrons. The number of hydrogen-bond donors (Lipinski definition) is 2. The first kappa shape index (κ1) is 11.7. The van der Waals surface area contributed by atoms with E-state index in [9.17, 15) is 4.79 Å². The first-order valence-corrected chi connectivity index (χ1v) is 4.07. The molecule has 0 spiro atoms. The summed E-state index contributed by atoms with van der Waals surface area (Å²) in [6, 6.07) is -0.303. The lowest BCUT2D eigenvalue weighted by atomic mass is 9.93. The number of rotatable bonds is 2. The van der Waals surface area contributed by atoms with Gasteiger partial charge in [0, 0.05) is 0 Å². The number of carbonyl (C=O) groups is 1. The molecule has 3 nitrogen and oxygen atoms in total. The third-order valence-electron chi connectivity index (χ3n) is 2.41. The smallest absolute Gasteiger partial charge is 0.320 e. The molecule has 1 aliphatic rings. The average molecular weight is 194 g/mol. The van der Waals surface area contributed by atoms with Gasteiger partial charge >= 0.3 is 5.97 Å². The summed E-state index contributed by atoms with van der Waals surface area (Å²) >= 11 is 0. The Labute approximate surface area is 78.9 Å². The maximum Gasteiger partial charge on any atom is 0.320 e. The van der Waals surface area contributed by atoms with Gasteiger partial charge in [-0.1, -0.05) is 13.8 Å². The minimum Gasteiger partial charge on any atom is -0.480 e. The Balaban J connectivity index is 0.00000121. The van der Waals surface area contributed by atoms with E-state index < -0.39 is 5.97 Å². The zero-order chi connectivity index (χ0) is 8.43. The van der Waals surface area contributed by atoms with Crippen LogP contribution in [0, 0.1) is 11.8 Å². The molecule has 0 aromatic rings. The molecule has 0 aliphatic carbocycles. The van der Waals surface area contributed by atoms with Crippen molar-refractivity contribution in [1.82, 2.24) is 5.32 Å². The van der Waals surface area contributed by atoms with Crippen LogP contribution in [0.1, 0.15) is 20.3 Å². The van der Waals surface area contributed by atoms with E-state index in [4.69, 9.17) is 5.11 Å². The summed E-state index contributed by atoms with van der Waals surface area (Å²) in [4.78, 5) is 10.5. The fraction of sp³-hybridized carbons (Fsp3) is 0.875. The van der Waals surface area contributed by atoms with Gasteiger partial charge in [-0.3, -0.25) is 4.79 Å². The third-order valence-corrected chi connectivity index (χ3v) is 2.41. The highest BCUT2D eigenvalue weighted by molar-refractivity contribution is 5.85. The Morgan fingerprint density at radius 2 is 2.17 bits per heavy atom. The molecule has 1 fully saturated rings. The van der Waals surface area contributed by atoms with Gasteiger partial charge in [0.2, 0.25) is 0 Å². The highest BCUT2D eigenvalue weighted by Gasteiger charge is 2.30. The van der Waals surface area contributed by atoms with E-state index in [1.54, 1.807) is 0 Å². The van der Waals surface area contributed by atoms with Crippen molar-refractivity contribution in [3.8, 4) is 0 Å². The second-order valence-corrected chi connectivity index (χ2v) is 3.54. The lowest BCUT2D eigenvalue weighted by molar-refractivity contribution is -0.139. The largest absolute Gasteiger partial charge is 0.480 e. The summed E-state index contributed by atoms with van der Waals surface area (Å²) in [6.07, 6.45) is 0.785. The number of carboxylic acid groups (broad SMARTS) is 1. The molecule has 0 bridgehead atoms. The summed E-state index contributed by atoms with van der Waals surface area (Å²) in [6.45, 7) is 5.13. The van der Waals surface area contributed by atoms with Crippen LogP contribution in [0.3, 0.4) is 0 Å². The van der Waals surface area contributed by atoms with E-state index in [1.165, 1.54) is 0 Å². The number of carboxylic acids is 1. The number of halogens is 1. The van der Waals surface area contributed by atoms with Gasteiger partial charge in [-0.15, -0.1) is 12.4 Å². The lowest BCUT2D eigenvalue weighted by Gasteiger charge is -2.11. The van der Waals surface area contributed by atoms with Gasteiger partial charge in [0.05, 0.1) is 0 Å². The molecule has 0 aromatic carbocycles. The molecular formula is C8H16ClNO2. The van der Waals surface area contributed by atoms with Gasteiger partial charge < -0.3 is 10.4 Å². The molecule has 4 heteroatoms. The molecule has 1 heterocycles. The van der Waals surface area contributed by atoms with Crippen molar-refractivity contribution in [1.29, 1.82) is 0 Å². The minimum absolute atomic E-state index is 0. The van der Waals surface area contributed by atoms with Gasteiger partial charge in [0.1, 0.15) is 6.04 Å². The molecule has 2 unspecified atom stereocenters. The maximum absolute atomic E-state index is 10.5. The summed E-state index contributed by atoms with van der Waals surface area (Å²) in [7, 11) is 0. The van der Waals surface area contributed by atoms with Crippen molar-refractivity contribution in [2.24, 2.45) is 11.8 Å². The highest BCUT2D eigenvalue weighted by atomic mass is 35.5. The molecule has 0 aromatic heterocycles. The second-order valence-electron chi connectivity index (χ2n) is 3.54. The monoisotopic (exact) mass is 193 g/mol. The number of aliphatic carboxylic acids is 1. The van der Waals surface area contributed by atoms with Crippen molar-refractivity contribution in [2.75, 3.05) is 6.54 Å². The van der Waals surface area contributed by atoms with Gasteiger partial charge in [-0.25, -0.2) is 0 Å². The van der Waals surface area contributed by atoms with Gasteiger partial charge in [-0.2, -0.15) is 0 Å². The fourth-order valence-electron chi connectivity index (χ4n) is 1.46. The fourth-order valence-corrected chi connectivity index (χ4v) is 1.46. The van der Waals surface area contributed by atoms with Gasteiger partial charge in [0.15, 0.2) is 0 Å². The second kappa shape index (κ2) is 4.67. The third kappa shape index (κ3) is 2.64. The summed E-state index contributed by atoms with van der Waals surface area (Å²) in [5.74, 6) is 0.413. The Bertz CT molecular complexity index is 161. The van der Waals surface area contributed by atoms with E-state index in [0.717, 1.165) is 13.0 Å². The Morgan fingerprint density at radius 1 is 1.58 bits per heavy atom. The standard InChI is InChI=1S/C8H15NO2.ClH/c1-5(2)6-3-7(8(10)11)9-4-6;/h5-7,9H,3-4H2,1-2H3,(H,10,11);1H. The number of hydrogen-bond acceptors (Lipinski definition) is 2. The van der Waals surface area contributed by atoms with Crippen LogP contribution in [0.2, 0.25) is 0 Å². The van der Waals surface area contributed by atoms with Crippen LogP contribution in [0.15, 0.2) is 0 Å². The van der Waals surface area contributed by atoms with E-state index >= 15 is 0 Å². The Hall–Kier alpha value is -0.280. The van der Waals surface area contributed by atoms with Gasteiger partial charge in [-0.05, 0) is 24.8 Å². The quantitative estimate of drug-likeness (QED) is 0.691. The molecule has 1 rings (SSSR count). The molecule has 1 saturated heterocycles. The maximum atomic E-state index is 10.5. The highest BCUT2D eigenvalue weighted by Crippen LogP contribution is 2.21. The molecule has 2 N–H and O–H groups in total. The van der Waals surface area contributed by atoms with Crippen molar-refractivity contribution >= 4 is 18.4 Å². The van der Waals surface area contributed by atoms with Crippen LogP contribution in [-0.2, 0) is 4.79 Å². The normalized spacial score (nSPS) is 28.6. The molecule has 0 radical (unpaired) electrons. The van der Waals surface area contributed by atoms with E-state index in [2.05, 4.69) is 19.2 Å². The summed E-state index contributed by atoms with van der Waals surface area (Å²) < 4.78 is 0. The van der Waals surface area contributed by atoms with Crippen molar-refractivity contribution in [3.63, 3.8) is 0 Å². The molecule has 0 saturated carbocycles. The summed E-state index contributed by atoms with van der Waals surface area (Å²) in [5.41, 5.74) is 0. The lowest BCUT2D eigenvalue weighted by Crippen LogP contribution is -2.29. The molecule has 0 amide bonds. The van der Waals surface area contributed by atoms with Gasteiger partial charge in [0.25, 0.3) is 0 Å². The summed E-state index contributed by atoms with van der Waals surface area (Å²) in [5, 5.41) is 11.6. The van der Waals surface area contributed by atoms with Crippen molar-refractivity contribution in [3.05, 3.63) is 0 Å².